The van der Waals surface area contributed by atoms with Crippen molar-refractivity contribution in [3.05, 3.63) is 49.2 Å². The zero-order valence-electron chi connectivity index (χ0n) is 8.76. The molecule has 1 atom stereocenters. The summed E-state index contributed by atoms with van der Waals surface area (Å²) in [4.78, 5) is 12.1. The molecule has 3 rings (SSSR count). The van der Waals surface area contributed by atoms with E-state index in [9.17, 15) is 4.57 Å². The van der Waals surface area contributed by atoms with Crippen LogP contribution >= 0.6 is 7.95 Å². The number of pyridine rings is 1. The summed E-state index contributed by atoms with van der Waals surface area (Å²) in [5, 5.41) is 0.867. The molecule has 3 aromatic rings. The Hall–Kier alpha value is -2.13. The van der Waals surface area contributed by atoms with Crippen molar-refractivity contribution in [2.24, 2.45) is 0 Å². The van der Waals surface area contributed by atoms with Crippen molar-refractivity contribution in [2.45, 2.75) is 0 Å². The molecule has 0 bridgehead atoms. The van der Waals surface area contributed by atoms with E-state index < -0.39 is 7.95 Å². The Kier molecular flexibility index (Phi) is 2.38. The fraction of sp³-hybridized carbons (Fsp3) is 0. The van der Waals surface area contributed by atoms with Crippen LogP contribution in [0.5, 0.6) is 0 Å². The Morgan fingerprint density at radius 3 is 2.94 bits per heavy atom. The van der Waals surface area contributed by atoms with Crippen LogP contribution in [0.25, 0.3) is 11.0 Å². The van der Waals surface area contributed by atoms with Crippen LogP contribution in [0.3, 0.4) is 0 Å². The summed E-state index contributed by atoms with van der Waals surface area (Å²) in [6, 6.07) is 7.19. The molecule has 0 fully saturated rings. The van der Waals surface area contributed by atoms with Crippen molar-refractivity contribution in [3.63, 3.8) is 0 Å². The molecular weight excluding hydrogens is 235 g/mol. The molecule has 6 heteroatoms. The zero-order chi connectivity index (χ0) is 11.7. The van der Waals surface area contributed by atoms with E-state index in [0.29, 0.717) is 11.1 Å². The maximum absolute atomic E-state index is 12.3. The van der Waals surface area contributed by atoms with Gasteiger partial charge < -0.3 is 0 Å². The van der Waals surface area contributed by atoms with Crippen LogP contribution in [0.15, 0.2) is 49.2 Å². The Balaban J connectivity index is 2.14. The lowest BCUT2D eigenvalue weighted by atomic mass is 10.4. The standard InChI is InChI=1S/C11H8N4OP/c16-17(10-3-1-2-5-13-10)15-6-4-9-7-12-8-14-11(9)15/h1-8H. The van der Waals surface area contributed by atoms with Gasteiger partial charge >= 0.3 is 0 Å². The zero-order valence-corrected chi connectivity index (χ0v) is 9.66. The smallest absolute Gasteiger partial charge is 0.233 e. The third-order valence-corrected chi connectivity index (χ3v) is 3.74. The average molecular weight is 243 g/mol. The Bertz CT molecular complexity index is 680. The van der Waals surface area contributed by atoms with Gasteiger partial charge in [-0.2, -0.15) is 0 Å². The third kappa shape index (κ3) is 1.70. The van der Waals surface area contributed by atoms with E-state index in [-0.39, 0.29) is 0 Å². The van der Waals surface area contributed by atoms with Gasteiger partial charge in [0.15, 0.2) is 5.65 Å². The summed E-state index contributed by atoms with van der Waals surface area (Å²) >= 11 is 0. The van der Waals surface area contributed by atoms with Crippen molar-refractivity contribution in [2.75, 3.05) is 0 Å². The first-order chi connectivity index (χ1) is 8.36. The van der Waals surface area contributed by atoms with Gasteiger partial charge in [0.05, 0.1) is 0 Å². The van der Waals surface area contributed by atoms with Crippen molar-refractivity contribution >= 4 is 24.4 Å². The van der Waals surface area contributed by atoms with E-state index in [2.05, 4.69) is 15.0 Å². The fourth-order valence-electron chi connectivity index (χ4n) is 1.59. The van der Waals surface area contributed by atoms with Crippen LogP contribution in [-0.4, -0.2) is 19.3 Å². The molecule has 0 N–H and O–H groups in total. The summed E-state index contributed by atoms with van der Waals surface area (Å²) in [6.07, 6.45) is 6.51. The lowest BCUT2D eigenvalue weighted by Gasteiger charge is -2.02. The third-order valence-electron chi connectivity index (χ3n) is 2.37. The van der Waals surface area contributed by atoms with E-state index in [4.69, 9.17) is 0 Å². The predicted molar refractivity (Wildman–Crippen MR) is 64.4 cm³/mol. The molecule has 0 aliphatic rings. The second-order valence-corrected chi connectivity index (χ2v) is 4.86. The second kappa shape index (κ2) is 4.03. The first-order valence-electron chi connectivity index (χ1n) is 5.02. The Morgan fingerprint density at radius 2 is 2.12 bits per heavy atom. The molecule has 83 valence electrons. The molecule has 0 spiro atoms. The molecule has 0 amide bonds. The van der Waals surface area contributed by atoms with Crippen LogP contribution in [-0.2, 0) is 4.57 Å². The fourth-order valence-corrected chi connectivity index (χ4v) is 2.72. The molecule has 0 saturated heterocycles. The van der Waals surface area contributed by atoms with Gasteiger partial charge in [0, 0.05) is 24.0 Å². The minimum absolute atomic E-state index is 0.540. The Labute approximate surface area is 98.0 Å². The molecule has 17 heavy (non-hydrogen) atoms. The highest BCUT2D eigenvalue weighted by molar-refractivity contribution is 7.51. The van der Waals surface area contributed by atoms with Crippen LogP contribution < -0.4 is 5.44 Å². The van der Waals surface area contributed by atoms with Crippen molar-refractivity contribution < 1.29 is 4.57 Å². The average Bonchev–Trinajstić information content (AvgIpc) is 2.83. The molecule has 3 heterocycles. The minimum atomic E-state index is -1.77. The van der Waals surface area contributed by atoms with E-state index >= 15 is 0 Å². The molecule has 3 aromatic heterocycles. The molecule has 5 nitrogen and oxygen atoms in total. The summed E-state index contributed by atoms with van der Waals surface area (Å²) in [6.45, 7) is 0. The van der Waals surface area contributed by atoms with Crippen LogP contribution in [0.2, 0.25) is 0 Å². The largest absolute Gasteiger partial charge is 0.256 e. The SMILES string of the molecule is O=[P](c1ccccn1)n1ccc2cncnc21. The van der Waals surface area contributed by atoms with Gasteiger partial charge in [0.25, 0.3) is 0 Å². The number of rotatable bonds is 2. The lowest BCUT2D eigenvalue weighted by Crippen LogP contribution is -2.05. The van der Waals surface area contributed by atoms with Crippen LogP contribution in [0.4, 0.5) is 0 Å². The monoisotopic (exact) mass is 243 g/mol. The quantitative estimate of drug-likeness (QED) is 0.643. The topological polar surface area (TPSA) is 60.7 Å². The van der Waals surface area contributed by atoms with E-state index in [1.165, 1.54) is 6.33 Å². The molecule has 0 aliphatic carbocycles. The van der Waals surface area contributed by atoms with Crippen molar-refractivity contribution in [1.29, 1.82) is 0 Å². The van der Waals surface area contributed by atoms with Crippen molar-refractivity contribution in [1.82, 2.24) is 19.3 Å². The van der Waals surface area contributed by atoms with Crippen molar-refractivity contribution in [3.8, 4) is 0 Å². The van der Waals surface area contributed by atoms with E-state index in [1.54, 1.807) is 35.1 Å². The van der Waals surface area contributed by atoms with Gasteiger partial charge in [-0.3, -0.25) is 8.90 Å². The summed E-state index contributed by atoms with van der Waals surface area (Å²) in [5.41, 5.74) is 1.20. The first kappa shape index (κ1) is 10.1. The van der Waals surface area contributed by atoms with Gasteiger partial charge in [-0.15, -0.1) is 0 Å². The van der Waals surface area contributed by atoms with Gasteiger partial charge in [-0.25, -0.2) is 15.0 Å². The van der Waals surface area contributed by atoms with Crippen LogP contribution in [0, 0.1) is 0 Å². The summed E-state index contributed by atoms with van der Waals surface area (Å²) in [7, 11) is -1.77. The summed E-state index contributed by atoms with van der Waals surface area (Å²) in [5.74, 6) is 0. The van der Waals surface area contributed by atoms with Gasteiger partial charge in [0.2, 0.25) is 7.95 Å². The lowest BCUT2D eigenvalue weighted by molar-refractivity contribution is 0.588. The number of nitrogens with zero attached hydrogens (tertiary/aromatic N) is 4. The molecule has 0 aliphatic heterocycles. The maximum Gasteiger partial charge on any atom is 0.233 e. The number of aromatic nitrogens is 4. The van der Waals surface area contributed by atoms with Crippen LogP contribution in [0.1, 0.15) is 0 Å². The minimum Gasteiger partial charge on any atom is -0.256 e. The van der Waals surface area contributed by atoms with Gasteiger partial charge in [0.1, 0.15) is 11.8 Å². The highest BCUT2D eigenvalue weighted by atomic mass is 31.1. The highest BCUT2D eigenvalue weighted by Gasteiger charge is 2.11. The number of fused-ring (bicyclic) bond motifs is 1. The highest BCUT2D eigenvalue weighted by Crippen LogP contribution is 2.27. The number of hydrogen-bond donors (Lipinski definition) is 0. The number of hydrogen-bond acceptors (Lipinski definition) is 4. The second-order valence-electron chi connectivity index (χ2n) is 3.42. The molecular formula is C11H8N4OP. The molecule has 1 unspecified atom stereocenters. The van der Waals surface area contributed by atoms with E-state index in [1.807, 2.05) is 12.1 Å². The normalized spacial score (nSPS) is 11.6. The Morgan fingerprint density at radius 1 is 1.18 bits per heavy atom. The maximum atomic E-state index is 12.3. The first-order valence-corrected chi connectivity index (χ1v) is 6.23. The molecule has 0 saturated carbocycles. The van der Waals surface area contributed by atoms with Gasteiger partial charge in [-0.05, 0) is 18.2 Å². The molecule has 1 radical (unpaired) electrons. The predicted octanol–water partition coefficient (Wildman–Crippen LogP) is 1.74. The molecule has 0 aromatic carbocycles. The van der Waals surface area contributed by atoms with E-state index in [0.717, 1.165) is 5.39 Å². The summed E-state index contributed by atoms with van der Waals surface area (Å²) < 4.78 is 13.9. The van der Waals surface area contributed by atoms with Gasteiger partial charge in [-0.1, -0.05) is 6.07 Å².